The summed E-state index contributed by atoms with van der Waals surface area (Å²) in [5.41, 5.74) is 8.85. The molecule has 10 heteroatoms. The maximum absolute atomic E-state index is 13.9. The number of imidazole rings is 1. The first-order valence-electron chi connectivity index (χ1n) is 12.0. The van der Waals surface area contributed by atoms with Gasteiger partial charge in [0.05, 0.1) is 24.0 Å². The maximum atomic E-state index is 13.9. The highest BCUT2D eigenvalue weighted by Gasteiger charge is 2.31. The van der Waals surface area contributed by atoms with Gasteiger partial charge in [0.2, 0.25) is 0 Å². The van der Waals surface area contributed by atoms with E-state index in [4.69, 9.17) is 5.73 Å². The summed E-state index contributed by atoms with van der Waals surface area (Å²) in [5, 5.41) is 7.30. The van der Waals surface area contributed by atoms with Crippen LogP contribution in [0.4, 0.5) is 5.82 Å². The van der Waals surface area contributed by atoms with Crippen molar-refractivity contribution in [2.75, 3.05) is 5.73 Å². The van der Waals surface area contributed by atoms with Crippen molar-refractivity contribution in [2.24, 2.45) is 7.05 Å². The van der Waals surface area contributed by atoms with Crippen LogP contribution in [0, 0.1) is 11.8 Å². The van der Waals surface area contributed by atoms with Gasteiger partial charge in [0.15, 0.2) is 11.4 Å². The molecule has 1 aliphatic rings. The fourth-order valence-corrected chi connectivity index (χ4v) is 4.67. The van der Waals surface area contributed by atoms with Gasteiger partial charge in [0, 0.05) is 30.4 Å². The maximum Gasteiger partial charge on any atom is 0.362 e. The van der Waals surface area contributed by atoms with Gasteiger partial charge in [-0.3, -0.25) is 9.59 Å². The Kier molecular flexibility index (Phi) is 5.26. The molecule has 4 heterocycles. The third-order valence-corrected chi connectivity index (χ3v) is 6.66. The Morgan fingerprint density at radius 2 is 2.14 bits per heavy atom. The fourth-order valence-electron chi connectivity index (χ4n) is 4.67. The first kappa shape index (κ1) is 22.5. The van der Waals surface area contributed by atoms with Crippen LogP contribution in [-0.2, 0) is 7.05 Å². The van der Waals surface area contributed by atoms with E-state index >= 15 is 0 Å². The van der Waals surface area contributed by atoms with Gasteiger partial charge in [-0.15, -0.1) is 4.52 Å². The summed E-state index contributed by atoms with van der Waals surface area (Å²) in [6.45, 7) is 1.87. The zero-order valence-corrected chi connectivity index (χ0v) is 20.4. The number of nitrogens with two attached hydrogens (primary N) is 1. The SMILES string of the molecule is CC(NC(=O)c1c(N)[nH][n+]2cccnc12)c1cc2cccc(C#Cc3cncn3C)c2c(=O)n1C1CC1. The molecule has 10 nitrogen and oxygen atoms in total. The Balaban J connectivity index is 1.41. The van der Waals surface area contributed by atoms with Gasteiger partial charge in [0.25, 0.3) is 11.5 Å². The summed E-state index contributed by atoms with van der Waals surface area (Å²) in [7, 11) is 1.88. The molecule has 0 bridgehead atoms. The number of pyridine rings is 1. The molecule has 0 aliphatic heterocycles. The first-order valence-corrected chi connectivity index (χ1v) is 12.0. The summed E-state index contributed by atoms with van der Waals surface area (Å²) in [6.07, 6.45) is 8.55. The molecule has 0 spiro atoms. The van der Waals surface area contributed by atoms with Crippen molar-refractivity contribution in [3.05, 3.63) is 88.1 Å². The molecule has 37 heavy (non-hydrogen) atoms. The molecule has 6 rings (SSSR count). The van der Waals surface area contributed by atoms with Crippen molar-refractivity contribution in [2.45, 2.75) is 31.8 Å². The number of nitrogens with zero attached hydrogens (tertiary/aromatic N) is 5. The van der Waals surface area contributed by atoms with Crippen LogP contribution in [0.25, 0.3) is 16.4 Å². The lowest BCUT2D eigenvalue weighted by Crippen LogP contribution is -2.33. The Morgan fingerprint density at radius 3 is 2.89 bits per heavy atom. The Bertz CT molecular complexity index is 1810. The molecule has 0 radical (unpaired) electrons. The number of hydrogen-bond donors (Lipinski definition) is 3. The van der Waals surface area contributed by atoms with Crippen LogP contribution in [0.3, 0.4) is 0 Å². The minimum absolute atomic E-state index is 0.0970. The van der Waals surface area contributed by atoms with E-state index in [1.54, 1.807) is 35.5 Å². The molecular formula is C27H25N8O2+. The first-order chi connectivity index (χ1) is 17.9. The van der Waals surface area contributed by atoms with Crippen LogP contribution in [0.5, 0.6) is 0 Å². The monoisotopic (exact) mass is 493 g/mol. The van der Waals surface area contributed by atoms with Crippen LogP contribution < -0.4 is 21.1 Å². The van der Waals surface area contributed by atoms with E-state index in [0.29, 0.717) is 16.6 Å². The van der Waals surface area contributed by atoms with Crippen LogP contribution in [0.15, 0.2) is 60.0 Å². The van der Waals surface area contributed by atoms with Crippen molar-refractivity contribution in [3.8, 4) is 11.8 Å². The zero-order chi connectivity index (χ0) is 25.7. The van der Waals surface area contributed by atoms with Crippen molar-refractivity contribution in [1.29, 1.82) is 0 Å². The summed E-state index contributed by atoms with van der Waals surface area (Å²) in [6, 6.07) is 9.01. The number of amides is 1. The highest BCUT2D eigenvalue weighted by atomic mass is 16.2. The topological polar surface area (TPSA) is 128 Å². The molecule has 1 unspecified atom stereocenters. The summed E-state index contributed by atoms with van der Waals surface area (Å²) in [5.74, 6) is 6.13. The molecule has 0 saturated heterocycles. The number of aromatic nitrogens is 6. The number of hydrogen-bond acceptors (Lipinski definition) is 5. The summed E-state index contributed by atoms with van der Waals surface area (Å²) in [4.78, 5) is 35.5. The highest BCUT2D eigenvalue weighted by Crippen LogP contribution is 2.37. The third kappa shape index (κ3) is 3.90. The Morgan fingerprint density at radius 1 is 1.30 bits per heavy atom. The second kappa shape index (κ2) is 8.64. The van der Waals surface area contributed by atoms with Gasteiger partial charge in [-0.2, -0.15) is 0 Å². The minimum Gasteiger partial charge on any atom is -0.382 e. The zero-order valence-electron chi connectivity index (χ0n) is 20.4. The number of H-pyrrole nitrogens is 1. The van der Waals surface area contributed by atoms with Crippen molar-refractivity contribution in [1.82, 2.24) is 29.5 Å². The number of aromatic amines is 1. The van der Waals surface area contributed by atoms with Crippen molar-refractivity contribution < 1.29 is 9.31 Å². The number of carbonyl (C=O) groups is 1. The van der Waals surface area contributed by atoms with E-state index in [9.17, 15) is 9.59 Å². The van der Waals surface area contributed by atoms with E-state index in [1.807, 2.05) is 47.4 Å². The fraction of sp³-hybridized carbons (Fsp3) is 0.222. The molecule has 4 N–H and O–H groups in total. The van der Waals surface area contributed by atoms with Crippen LogP contribution in [0.1, 0.15) is 59.2 Å². The standard InChI is InChI=1S/C27H24N8O2/c1-16(31-26(36)23-24(28)32-34-12-4-11-30-25(23)34)21-13-18-6-3-5-17(7-8-20-14-29-15-33(20)2)22(18)27(37)35(21)19-9-10-19/h3-6,11-16,19H,9-10H2,1-2H3,(H3,28,31,32,36)/p+1. The number of anilines is 1. The minimum atomic E-state index is -0.451. The van der Waals surface area contributed by atoms with E-state index in [2.05, 4.69) is 32.2 Å². The lowest BCUT2D eigenvalue weighted by Gasteiger charge is -2.20. The molecule has 1 amide bonds. The van der Waals surface area contributed by atoms with Gasteiger partial charge >= 0.3 is 5.65 Å². The van der Waals surface area contributed by atoms with E-state index < -0.39 is 6.04 Å². The van der Waals surface area contributed by atoms with Crippen LogP contribution >= 0.6 is 0 Å². The van der Waals surface area contributed by atoms with Gasteiger partial charge < -0.3 is 20.2 Å². The number of carbonyl (C=O) groups excluding carboxylic acids is 1. The second-order valence-corrected chi connectivity index (χ2v) is 9.29. The predicted molar refractivity (Wildman–Crippen MR) is 138 cm³/mol. The molecule has 5 aromatic rings. The van der Waals surface area contributed by atoms with Crippen LogP contribution in [-0.4, -0.2) is 30.1 Å². The van der Waals surface area contributed by atoms with Crippen molar-refractivity contribution in [3.63, 3.8) is 0 Å². The Hall–Kier alpha value is -4.91. The third-order valence-electron chi connectivity index (χ3n) is 6.66. The highest BCUT2D eigenvalue weighted by molar-refractivity contribution is 6.03. The molecule has 1 saturated carbocycles. The lowest BCUT2D eigenvalue weighted by atomic mass is 10.0. The Labute approximate surface area is 211 Å². The number of aryl methyl sites for hydroxylation is 1. The van der Waals surface area contributed by atoms with E-state index in [1.165, 1.54) is 0 Å². The lowest BCUT2D eigenvalue weighted by molar-refractivity contribution is -0.577. The molecule has 4 aromatic heterocycles. The largest absolute Gasteiger partial charge is 0.382 e. The normalized spacial score (nSPS) is 13.9. The van der Waals surface area contributed by atoms with Gasteiger partial charge in [0.1, 0.15) is 18.1 Å². The number of fused-ring (bicyclic) bond motifs is 2. The number of nitrogen functional groups attached to an aromatic ring is 1. The molecule has 1 aliphatic carbocycles. The van der Waals surface area contributed by atoms with Gasteiger partial charge in [-0.1, -0.05) is 18.1 Å². The molecule has 1 atom stereocenters. The number of nitrogens with one attached hydrogen (secondary N) is 2. The molecule has 184 valence electrons. The second-order valence-electron chi connectivity index (χ2n) is 9.29. The number of rotatable bonds is 4. The average molecular weight is 494 g/mol. The average Bonchev–Trinajstić information content (AvgIpc) is 3.54. The predicted octanol–water partition coefficient (Wildman–Crippen LogP) is 2.00. The molecule has 1 fully saturated rings. The number of benzene rings is 1. The smallest absolute Gasteiger partial charge is 0.362 e. The molecule has 1 aromatic carbocycles. The van der Waals surface area contributed by atoms with Crippen molar-refractivity contribution >= 4 is 28.1 Å². The summed E-state index contributed by atoms with van der Waals surface area (Å²) >= 11 is 0. The van der Waals surface area contributed by atoms with Gasteiger partial charge in [-0.25, -0.2) is 10.1 Å². The van der Waals surface area contributed by atoms with E-state index in [-0.39, 0.29) is 28.9 Å². The van der Waals surface area contributed by atoms with Crippen LogP contribution in [0.2, 0.25) is 0 Å². The van der Waals surface area contributed by atoms with E-state index in [0.717, 1.165) is 29.6 Å². The molecular weight excluding hydrogens is 468 g/mol. The quantitative estimate of drug-likeness (QED) is 0.261. The summed E-state index contributed by atoms with van der Waals surface area (Å²) < 4.78 is 5.24. The van der Waals surface area contributed by atoms with Gasteiger partial charge in [-0.05, 0) is 48.2 Å².